The van der Waals surface area contributed by atoms with Crippen molar-refractivity contribution in [2.24, 2.45) is 11.8 Å². The van der Waals surface area contributed by atoms with Crippen molar-refractivity contribution in [2.75, 3.05) is 37.7 Å². The van der Waals surface area contributed by atoms with E-state index in [0.29, 0.717) is 25.6 Å². The van der Waals surface area contributed by atoms with Crippen molar-refractivity contribution in [1.29, 1.82) is 0 Å². The first-order valence-electron chi connectivity index (χ1n) is 11.9. The molecule has 4 fully saturated rings. The zero-order valence-electron chi connectivity index (χ0n) is 17.4. The third-order valence-corrected chi connectivity index (χ3v) is 8.28. The summed E-state index contributed by atoms with van der Waals surface area (Å²) < 4.78 is 20.3. The first-order valence-corrected chi connectivity index (χ1v) is 11.9. The second-order valence-corrected chi connectivity index (χ2v) is 10.3. The summed E-state index contributed by atoms with van der Waals surface area (Å²) in [5.74, 6) is 2.81. The van der Waals surface area contributed by atoms with Gasteiger partial charge in [-0.1, -0.05) is 0 Å². The molecule has 29 heavy (non-hydrogen) atoms. The molecule has 0 radical (unpaired) electrons. The van der Waals surface area contributed by atoms with Crippen molar-refractivity contribution in [1.82, 2.24) is 14.9 Å². The fourth-order valence-corrected chi connectivity index (χ4v) is 6.91. The van der Waals surface area contributed by atoms with Gasteiger partial charge in [0.15, 0.2) is 0 Å². The van der Waals surface area contributed by atoms with E-state index >= 15 is 0 Å². The van der Waals surface area contributed by atoms with Crippen LogP contribution in [0, 0.1) is 11.8 Å². The molecule has 5 aliphatic rings. The van der Waals surface area contributed by atoms with E-state index in [1.807, 2.05) is 0 Å². The van der Waals surface area contributed by atoms with Gasteiger partial charge in [-0.3, -0.25) is 4.90 Å². The summed E-state index contributed by atoms with van der Waals surface area (Å²) in [5, 5.41) is 0. The van der Waals surface area contributed by atoms with Crippen LogP contribution in [-0.4, -0.2) is 59.4 Å². The van der Waals surface area contributed by atoms with Crippen molar-refractivity contribution in [2.45, 2.75) is 75.9 Å². The van der Waals surface area contributed by atoms with Crippen molar-refractivity contribution >= 4 is 5.82 Å². The summed E-state index contributed by atoms with van der Waals surface area (Å²) in [6.45, 7) is 4.37. The number of ether oxygens (including phenoxy) is 1. The summed E-state index contributed by atoms with van der Waals surface area (Å²) in [5.41, 5.74) is 2.43. The Kier molecular flexibility index (Phi) is 4.47. The molecule has 3 unspecified atom stereocenters. The Morgan fingerprint density at radius 2 is 1.86 bits per heavy atom. The van der Waals surface area contributed by atoms with Crippen molar-refractivity contribution in [3.8, 4) is 6.01 Å². The predicted octanol–water partition coefficient (Wildman–Crippen LogP) is 3.55. The SMILES string of the molecule is F[C@H]1CN2CCCC2(COc2nc3c(c(N4CC5CCC(C5)C4)n2)CCCC3)C1. The number of nitrogens with zero attached hydrogens (tertiary/aromatic N) is 4. The molecule has 4 heterocycles. The number of hydrogen-bond donors (Lipinski definition) is 0. The quantitative estimate of drug-likeness (QED) is 0.773. The van der Waals surface area contributed by atoms with E-state index < -0.39 is 6.17 Å². The number of rotatable bonds is 4. The molecule has 6 rings (SSSR count). The van der Waals surface area contributed by atoms with E-state index in [1.165, 1.54) is 43.4 Å². The molecule has 1 aromatic heterocycles. The summed E-state index contributed by atoms with van der Waals surface area (Å²) in [6, 6.07) is 0.530. The van der Waals surface area contributed by atoms with E-state index in [4.69, 9.17) is 14.7 Å². The molecule has 158 valence electrons. The largest absolute Gasteiger partial charge is 0.461 e. The molecular formula is C23H33FN4O. The predicted molar refractivity (Wildman–Crippen MR) is 110 cm³/mol. The van der Waals surface area contributed by atoms with Gasteiger partial charge in [0, 0.05) is 31.6 Å². The zero-order valence-corrected chi connectivity index (χ0v) is 17.4. The van der Waals surface area contributed by atoms with Crippen LogP contribution in [0.4, 0.5) is 10.2 Å². The third-order valence-electron chi connectivity index (χ3n) is 8.28. The highest BCUT2D eigenvalue weighted by Crippen LogP contribution is 2.42. The molecule has 6 heteroatoms. The van der Waals surface area contributed by atoms with Gasteiger partial charge in [0.1, 0.15) is 18.6 Å². The molecule has 5 nitrogen and oxygen atoms in total. The standard InChI is InChI=1S/C23H33FN4O/c24-18-11-23(8-3-9-28(23)14-18)15-29-22-25-20-5-2-1-4-19(20)21(26-22)27-12-16-6-7-17(10-16)13-27/h16-18H,1-15H2/t16?,17?,18-,23?/m1/s1. The summed E-state index contributed by atoms with van der Waals surface area (Å²) >= 11 is 0. The minimum atomic E-state index is -0.720. The Balaban J connectivity index is 1.27. The highest BCUT2D eigenvalue weighted by atomic mass is 19.1. The molecule has 3 saturated heterocycles. The first kappa shape index (κ1) is 18.3. The summed E-state index contributed by atoms with van der Waals surface area (Å²) in [7, 11) is 0. The Morgan fingerprint density at radius 1 is 1.03 bits per heavy atom. The highest BCUT2D eigenvalue weighted by Gasteiger charge is 2.49. The van der Waals surface area contributed by atoms with Gasteiger partial charge < -0.3 is 9.64 Å². The summed E-state index contributed by atoms with van der Waals surface area (Å²) in [6.07, 6.45) is 10.8. The van der Waals surface area contributed by atoms with Gasteiger partial charge in [-0.2, -0.15) is 9.97 Å². The van der Waals surface area contributed by atoms with Crippen LogP contribution in [0.15, 0.2) is 0 Å². The Hall–Kier alpha value is -1.43. The zero-order chi connectivity index (χ0) is 19.4. The first-order chi connectivity index (χ1) is 14.2. The molecule has 3 aliphatic heterocycles. The lowest BCUT2D eigenvalue weighted by Gasteiger charge is -2.35. The van der Waals surface area contributed by atoms with E-state index in [1.54, 1.807) is 0 Å². The van der Waals surface area contributed by atoms with Gasteiger partial charge in [0.2, 0.25) is 0 Å². The van der Waals surface area contributed by atoms with Crippen LogP contribution in [0.25, 0.3) is 0 Å². The van der Waals surface area contributed by atoms with Gasteiger partial charge in [0.05, 0.1) is 11.2 Å². The minimum Gasteiger partial charge on any atom is -0.461 e. The minimum absolute atomic E-state index is 0.136. The fraction of sp³-hybridized carbons (Fsp3) is 0.826. The fourth-order valence-electron chi connectivity index (χ4n) is 6.91. The lowest BCUT2D eigenvalue weighted by Crippen LogP contribution is -2.43. The molecule has 2 aliphatic carbocycles. The molecule has 0 aromatic carbocycles. The lowest BCUT2D eigenvalue weighted by atomic mass is 9.94. The van der Waals surface area contributed by atoms with Crippen molar-refractivity contribution < 1.29 is 9.13 Å². The number of piperidine rings is 1. The molecule has 0 N–H and O–H groups in total. The van der Waals surface area contributed by atoms with Crippen LogP contribution in [-0.2, 0) is 12.8 Å². The number of halogens is 1. The molecule has 2 bridgehead atoms. The smallest absolute Gasteiger partial charge is 0.318 e. The Morgan fingerprint density at radius 3 is 2.72 bits per heavy atom. The number of alkyl halides is 1. The Bertz CT molecular complexity index is 776. The van der Waals surface area contributed by atoms with Crippen LogP contribution >= 0.6 is 0 Å². The molecule has 0 spiro atoms. The number of anilines is 1. The maximum atomic E-state index is 14.1. The maximum absolute atomic E-state index is 14.1. The monoisotopic (exact) mass is 400 g/mol. The van der Waals surface area contributed by atoms with E-state index in [0.717, 1.165) is 63.0 Å². The number of fused-ring (bicyclic) bond motifs is 4. The highest BCUT2D eigenvalue weighted by molar-refractivity contribution is 5.51. The van der Waals surface area contributed by atoms with Crippen LogP contribution in [0.2, 0.25) is 0 Å². The average Bonchev–Trinajstić information content (AvgIpc) is 3.36. The van der Waals surface area contributed by atoms with Crippen LogP contribution in [0.1, 0.15) is 62.6 Å². The van der Waals surface area contributed by atoms with Gasteiger partial charge in [-0.05, 0) is 76.2 Å². The topological polar surface area (TPSA) is 41.5 Å². The molecule has 1 aromatic rings. The average molecular weight is 401 g/mol. The second kappa shape index (κ2) is 7.07. The van der Waals surface area contributed by atoms with E-state index in [2.05, 4.69) is 9.80 Å². The van der Waals surface area contributed by atoms with Crippen molar-refractivity contribution in [3.63, 3.8) is 0 Å². The van der Waals surface area contributed by atoms with Gasteiger partial charge in [-0.25, -0.2) is 4.39 Å². The Labute approximate surface area is 173 Å². The van der Waals surface area contributed by atoms with Crippen LogP contribution in [0.3, 0.4) is 0 Å². The molecular weight excluding hydrogens is 367 g/mol. The maximum Gasteiger partial charge on any atom is 0.318 e. The third kappa shape index (κ3) is 3.22. The normalized spacial score (nSPS) is 36.3. The lowest BCUT2D eigenvalue weighted by molar-refractivity contribution is 0.107. The second-order valence-electron chi connectivity index (χ2n) is 10.3. The van der Waals surface area contributed by atoms with Crippen molar-refractivity contribution in [3.05, 3.63) is 11.3 Å². The number of aryl methyl sites for hydroxylation is 1. The number of hydrogen-bond acceptors (Lipinski definition) is 5. The molecule has 1 saturated carbocycles. The summed E-state index contributed by atoms with van der Waals surface area (Å²) in [4.78, 5) is 14.7. The van der Waals surface area contributed by atoms with E-state index in [9.17, 15) is 4.39 Å². The number of aromatic nitrogens is 2. The van der Waals surface area contributed by atoms with Gasteiger partial charge in [-0.15, -0.1) is 0 Å². The van der Waals surface area contributed by atoms with Crippen LogP contribution < -0.4 is 9.64 Å². The van der Waals surface area contributed by atoms with Gasteiger partial charge in [0.25, 0.3) is 0 Å². The molecule has 0 amide bonds. The van der Waals surface area contributed by atoms with Crippen LogP contribution in [0.5, 0.6) is 6.01 Å². The van der Waals surface area contributed by atoms with Gasteiger partial charge >= 0.3 is 6.01 Å². The molecule has 4 atom stereocenters. The van der Waals surface area contributed by atoms with E-state index in [-0.39, 0.29) is 5.54 Å².